The maximum atomic E-state index is 9.83. The molecule has 0 radical (unpaired) electrons. The molecule has 0 aliphatic heterocycles. The fourth-order valence-electron chi connectivity index (χ4n) is 1.63. The molecule has 2 rings (SSSR count). The van der Waals surface area contributed by atoms with Crippen molar-refractivity contribution in [1.82, 2.24) is 10.6 Å². The van der Waals surface area contributed by atoms with Gasteiger partial charge in [0.15, 0.2) is 0 Å². The molecule has 6 nitrogen and oxygen atoms in total. The minimum Gasteiger partial charge on any atom is -0.379 e. The summed E-state index contributed by atoms with van der Waals surface area (Å²) in [6.45, 7) is 0. The fourth-order valence-corrected chi connectivity index (χ4v) is 1.90. The third kappa shape index (κ3) is 12.3. The normalized spacial score (nSPS) is 9.07. The predicted octanol–water partition coefficient (Wildman–Crippen LogP) is 1.68. The van der Waals surface area contributed by atoms with Crippen LogP contribution in [0.1, 0.15) is 11.1 Å². The van der Waals surface area contributed by atoms with E-state index < -0.39 is 11.8 Å². The van der Waals surface area contributed by atoms with Crippen molar-refractivity contribution in [3.05, 3.63) is 83.9 Å². The monoisotopic (exact) mass is 416 g/mol. The lowest BCUT2D eigenvalue weighted by Gasteiger charge is -1.99. The van der Waals surface area contributed by atoms with Gasteiger partial charge in [0.1, 0.15) is 9.98 Å². The molecule has 0 spiro atoms. The van der Waals surface area contributed by atoms with E-state index in [2.05, 4.69) is 22.1 Å². The molecule has 0 aliphatic carbocycles. The lowest BCUT2D eigenvalue weighted by atomic mass is 10.2. The predicted molar refractivity (Wildman–Crippen MR) is 122 cm³/mol. The molecule has 0 saturated carbocycles. The number of hydrogen-bond acceptors (Lipinski definition) is 4. The summed E-state index contributed by atoms with van der Waals surface area (Å²) in [5, 5.41) is 5.83. The lowest BCUT2D eigenvalue weighted by Crippen LogP contribution is -2.15. The Labute approximate surface area is 176 Å². The van der Waals surface area contributed by atoms with Crippen molar-refractivity contribution >= 4 is 46.2 Å². The van der Waals surface area contributed by atoms with E-state index in [1.54, 1.807) is 0 Å². The van der Waals surface area contributed by atoms with Crippen LogP contribution < -0.4 is 22.1 Å². The van der Waals surface area contributed by atoms with Gasteiger partial charge in [-0.2, -0.15) is 0 Å². The van der Waals surface area contributed by atoms with Crippen molar-refractivity contribution in [2.45, 2.75) is 0 Å². The smallest absolute Gasteiger partial charge is 0.241 e. The molecule has 2 aromatic carbocycles. The highest BCUT2D eigenvalue weighted by Gasteiger charge is 1.93. The summed E-state index contributed by atoms with van der Waals surface area (Å²) in [6.07, 6.45) is 1.81. The zero-order valence-corrected chi connectivity index (χ0v) is 17.3. The number of amides is 2. The number of carbonyl (C=O) groups is 2. The molecule has 6 N–H and O–H groups in total. The van der Waals surface area contributed by atoms with Crippen molar-refractivity contribution < 1.29 is 9.59 Å². The van der Waals surface area contributed by atoms with Crippen LogP contribution in [0.4, 0.5) is 0 Å². The second-order valence-electron chi connectivity index (χ2n) is 5.03. The van der Waals surface area contributed by atoms with Gasteiger partial charge in [0.25, 0.3) is 0 Å². The quantitative estimate of drug-likeness (QED) is 0.446. The summed E-state index contributed by atoms with van der Waals surface area (Å²) in [5.74, 6) is -1.35. The summed E-state index contributed by atoms with van der Waals surface area (Å²) in [4.78, 5) is 21.2. The first-order valence-corrected chi connectivity index (χ1v) is 8.94. The third-order valence-corrected chi connectivity index (χ3v) is 3.82. The third-order valence-electron chi connectivity index (χ3n) is 2.94. The van der Waals surface area contributed by atoms with E-state index >= 15 is 0 Å². The van der Waals surface area contributed by atoms with E-state index in [0.29, 0.717) is 0 Å². The van der Waals surface area contributed by atoms with Gasteiger partial charge in [0.2, 0.25) is 11.8 Å². The average Bonchev–Trinajstić information content (AvgIpc) is 2.73. The summed E-state index contributed by atoms with van der Waals surface area (Å²) in [5.41, 5.74) is 11.4. The highest BCUT2D eigenvalue weighted by Crippen LogP contribution is 1.98. The molecule has 0 unspecified atom stereocenters. The Morgan fingerprint density at radius 3 is 1.21 bits per heavy atom. The van der Waals surface area contributed by atoms with Gasteiger partial charge in [-0.1, -0.05) is 85.1 Å². The number of thiocarbonyl (C=S) groups is 2. The minimum atomic E-state index is -0.677. The molecular formula is C20H24N4O2S2. The molecule has 28 heavy (non-hydrogen) atoms. The van der Waals surface area contributed by atoms with Crippen LogP contribution in [-0.2, 0) is 9.59 Å². The Balaban J connectivity index is 0.000000394. The average molecular weight is 417 g/mol. The van der Waals surface area contributed by atoms with Crippen molar-refractivity contribution in [2.24, 2.45) is 11.5 Å². The standard InChI is InChI=1S/2C8H9NS.C4H6N2O2/c2*1-9-8(10)7-5-3-2-4-6-7;5-3(7)1-2-4(6)8/h2*2-6H,1H3,(H,9,10);1-2H,(H2,5,7)(H2,6,8)/b;;2-1-. The number of carbonyl (C=O) groups excluding carboxylic acids is 2. The molecule has 0 fully saturated rings. The summed E-state index contributed by atoms with van der Waals surface area (Å²) < 4.78 is 0. The van der Waals surface area contributed by atoms with Gasteiger partial charge in [-0.15, -0.1) is 0 Å². The van der Waals surface area contributed by atoms with Gasteiger partial charge in [-0.05, 0) is 0 Å². The highest BCUT2D eigenvalue weighted by atomic mass is 32.1. The molecule has 2 aromatic rings. The van der Waals surface area contributed by atoms with Crippen LogP contribution in [0.15, 0.2) is 72.8 Å². The maximum absolute atomic E-state index is 9.83. The Morgan fingerprint density at radius 2 is 1.00 bits per heavy atom. The van der Waals surface area contributed by atoms with E-state index in [1.807, 2.05) is 74.8 Å². The maximum Gasteiger partial charge on any atom is 0.241 e. The van der Waals surface area contributed by atoms with E-state index in [1.165, 1.54) is 0 Å². The van der Waals surface area contributed by atoms with Crippen LogP contribution in [0.25, 0.3) is 0 Å². The van der Waals surface area contributed by atoms with Gasteiger partial charge in [-0.3, -0.25) is 9.59 Å². The molecule has 0 bridgehead atoms. The van der Waals surface area contributed by atoms with Gasteiger partial charge in [0, 0.05) is 37.4 Å². The van der Waals surface area contributed by atoms with Crippen LogP contribution in [0.5, 0.6) is 0 Å². The molecule has 148 valence electrons. The number of rotatable bonds is 4. The van der Waals surface area contributed by atoms with Gasteiger partial charge < -0.3 is 22.1 Å². The zero-order chi connectivity index (χ0) is 21.4. The molecule has 0 aliphatic rings. The van der Waals surface area contributed by atoms with Crippen molar-refractivity contribution in [3.63, 3.8) is 0 Å². The molecule has 2 amide bonds. The molecule has 0 atom stereocenters. The second-order valence-corrected chi connectivity index (χ2v) is 5.84. The molecular weight excluding hydrogens is 392 g/mol. The van der Waals surface area contributed by atoms with Gasteiger partial charge in [-0.25, -0.2) is 0 Å². The first-order chi connectivity index (χ1) is 13.3. The Hall–Kier alpha value is -3.10. The lowest BCUT2D eigenvalue weighted by molar-refractivity contribution is -0.115. The van der Waals surface area contributed by atoms with E-state index in [-0.39, 0.29) is 0 Å². The summed E-state index contributed by atoms with van der Waals surface area (Å²) >= 11 is 10.0. The van der Waals surface area contributed by atoms with E-state index in [4.69, 9.17) is 24.4 Å². The summed E-state index contributed by atoms with van der Waals surface area (Å²) in [6, 6.07) is 19.8. The Bertz CT molecular complexity index is 727. The summed E-state index contributed by atoms with van der Waals surface area (Å²) in [7, 11) is 3.66. The minimum absolute atomic E-state index is 0.677. The molecule has 0 aromatic heterocycles. The number of nitrogens with two attached hydrogens (primary N) is 2. The topological polar surface area (TPSA) is 110 Å². The Morgan fingerprint density at radius 1 is 0.714 bits per heavy atom. The van der Waals surface area contributed by atoms with Gasteiger partial charge in [0.05, 0.1) is 0 Å². The first kappa shape index (κ1) is 24.9. The second kappa shape index (κ2) is 15.0. The largest absolute Gasteiger partial charge is 0.379 e. The van der Waals surface area contributed by atoms with E-state index in [0.717, 1.165) is 33.3 Å². The molecule has 8 heteroatoms. The van der Waals surface area contributed by atoms with Crippen molar-refractivity contribution in [3.8, 4) is 0 Å². The highest BCUT2D eigenvalue weighted by molar-refractivity contribution is 7.81. The molecule has 0 saturated heterocycles. The van der Waals surface area contributed by atoms with Crippen LogP contribution in [0.3, 0.4) is 0 Å². The van der Waals surface area contributed by atoms with Crippen molar-refractivity contribution in [2.75, 3.05) is 14.1 Å². The number of nitrogens with one attached hydrogen (secondary N) is 2. The Kier molecular flexibility index (Phi) is 13.3. The van der Waals surface area contributed by atoms with Crippen LogP contribution in [0, 0.1) is 0 Å². The molecule has 0 heterocycles. The van der Waals surface area contributed by atoms with Gasteiger partial charge >= 0.3 is 0 Å². The number of benzene rings is 2. The number of hydrogen-bond donors (Lipinski definition) is 4. The van der Waals surface area contributed by atoms with Crippen molar-refractivity contribution in [1.29, 1.82) is 0 Å². The number of primary amides is 2. The van der Waals surface area contributed by atoms with E-state index in [9.17, 15) is 9.59 Å². The van der Waals surface area contributed by atoms with Crippen LogP contribution in [-0.4, -0.2) is 35.9 Å². The zero-order valence-electron chi connectivity index (χ0n) is 15.7. The fraction of sp³-hybridized carbons (Fsp3) is 0.100. The van der Waals surface area contributed by atoms with Crippen LogP contribution in [0.2, 0.25) is 0 Å². The van der Waals surface area contributed by atoms with Crippen LogP contribution >= 0.6 is 24.4 Å². The SMILES string of the molecule is CNC(=S)c1ccccc1.CNC(=S)c1ccccc1.NC(=O)/C=C\C(N)=O. The first-order valence-electron chi connectivity index (χ1n) is 8.13.